The first-order valence-corrected chi connectivity index (χ1v) is 7.97. The molecule has 0 spiro atoms. The van der Waals surface area contributed by atoms with Crippen LogP contribution in [0.3, 0.4) is 0 Å². The molecule has 1 heterocycles. The van der Waals surface area contributed by atoms with Gasteiger partial charge >= 0.3 is 0 Å². The molecule has 2 amide bonds. The van der Waals surface area contributed by atoms with Crippen LogP contribution in [0.15, 0.2) is 71.3 Å². The van der Waals surface area contributed by atoms with Crippen molar-refractivity contribution in [1.29, 1.82) is 0 Å². The number of carbonyl (C=O) groups is 2. The van der Waals surface area contributed by atoms with Gasteiger partial charge in [0.25, 0.3) is 11.8 Å². The number of hydrogen-bond acceptors (Lipinski definition) is 3. The molecular formula is C19H15ClN2O3. The molecule has 0 unspecified atom stereocenters. The fourth-order valence-corrected chi connectivity index (χ4v) is 2.41. The third kappa shape index (κ3) is 4.49. The minimum atomic E-state index is -0.266. The fourth-order valence-electron chi connectivity index (χ4n) is 2.22. The Labute approximate surface area is 149 Å². The molecule has 5 nitrogen and oxygen atoms in total. The zero-order valence-corrected chi connectivity index (χ0v) is 13.9. The van der Waals surface area contributed by atoms with Gasteiger partial charge in [-0.1, -0.05) is 17.7 Å². The van der Waals surface area contributed by atoms with Gasteiger partial charge in [0.2, 0.25) is 0 Å². The van der Waals surface area contributed by atoms with Gasteiger partial charge < -0.3 is 15.1 Å². The van der Waals surface area contributed by atoms with Gasteiger partial charge in [0.05, 0.1) is 12.8 Å². The van der Waals surface area contributed by atoms with E-state index in [9.17, 15) is 9.59 Å². The smallest absolute Gasteiger partial charge is 0.255 e. The third-order valence-corrected chi connectivity index (χ3v) is 3.73. The molecule has 6 heteroatoms. The van der Waals surface area contributed by atoms with E-state index >= 15 is 0 Å². The van der Waals surface area contributed by atoms with Gasteiger partial charge in [-0.05, 0) is 54.6 Å². The summed E-state index contributed by atoms with van der Waals surface area (Å²) in [5.74, 6) is 0.195. The topological polar surface area (TPSA) is 71.3 Å². The van der Waals surface area contributed by atoms with Crippen LogP contribution < -0.4 is 10.6 Å². The van der Waals surface area contributed by atoms with E-state index in [0.717, 1.165) is 0 Å². The van der Waals surface area contributed by atoms with Crippen molar-refractivity contribution < 1.29 is 14.0 Å². The maximum absolute atomic E-state index is 12.2. The van der Waals surface area contributed by atoms with Crippen molar-refractivity contribution in [2.75, 3.05) is 5.32 Å². The van der Waals surface area contributed by atoms with E-state index in [-0.39, 0.29) is 11.8 Å². The molecule has 0 aliphatic heterocycles. The maximum Gasteiger partial charge on any atom is 0.255 e. The van der Waals surface area contributed by atoms with Crippen LogP contribution in [0.25, 0.3) is 0 Å². The van der Waals surface area contributed by atoms with Gasteiger partial charge in [-0.3, -0.25) is 9.59 Å². The number of furan rings is 1. The summed E-state index contributed by atoms with van der Waals surface area (Å²) in [7, 11) is 0. The average molecular weight is 355 g/mol. The predicted molar refractivity (Wildman–Crippen MR) is 95.7 cm³/mol. The zero-order valence-electron chi connectivity index (χ0n) is 13.2. The van der Waals surface area contributed by atoms with E-state index in [0.29, 0.717) is 34.1 Å². The van der Waals surface area contributed by atoms with Crippen LogP contribution in [0, 0.1) is 0 Å². The highest BCUT2D eigenvalue weighted by molar-refractivity contribution is 6.31. The summed E-state index contributed by atoms with van der Waals surface area (Å²) in [5, 5.41) is 6.02. The number of hydrogen-bond donors (Lipinski definition) is 2. The summed E-state index contributed by atoms with van der Waals surface area (Å²) in [4.78, 5) is 24.2. The molecule has 0 aliphatic rings. The number of nitrogens with one attached hydrogen (secondary N) is 2. The van der Waals surface area contributed by atoms with Gasteiger partial charge in [-0.15, -0.1) is 0 Å². The lowest BCUT2D eigenvalue weighted by atomic mass is 10.1. The Morgan fingerprint density at radius 1 is 0.920 bits per heavy atom. The van der Waals surface area contributed by atoms with Gasteiger partial charge in [0.15, 0.2) is 0 Å². The van der Waals surface area contributed by atoms with E-state index in [1.54, 1.807) is 66.9 Å². The van der Waals surface area contributed by atoms with Crippen LogP contribution in [-0.4, -0.2) is 11.8 Å². The molecule has 2 aromatic carbocycles. The number of rotatable bonds is 5. The Hall–Kier alpha value is -3.05. The molecule has 2 N–H and O–H groups in total. The van der Waals surface area contributed by atoms with E-state index in [4.69, 9.17) is 16.0 Å². The summed E-state index contributed by atoms with van der Waals surface area (Å²) >= 11 is 5.88. The van der Waals surface area contributed by atoms with Crippen molar-refractivity contribution >= 4 is 29.1 Å². The molecule has 0 radical (unpaired) electrons. The third-order valence-electron chi connectivity index (χ3n) is 3.50. The number of anilines is 1. The molecule has 0 saturated heterocycles. The maximum atomic E-state index is 12.2. The molecule has 1 aromatic heterocycles. The molecular weight excluding hydrogens is 340 g/mol. The second-order valence-corrected chi connectivity index (χ2v) is 5.74. The Kier molecular flexibility index (Phi) is 5.16. The van der Waals surface area contributed by atoms with Crippen molar-refractivity contribution in [1.82, 2.24) is 5.32 Å². The highest BCUT2D eigenvalue weighted by Gasteiger charge is 2.09. The predicted octanol–water partition coefficient (Wildman–Crippen LogP) is 4.12. The second kappa shape index (κ2) is 7.68. The Morgan fingerprint density at radius 2 is 1.72 bits per heavy atom. The van der Waals surface area contributed by atoms with Crippen molar-refractivity contribution in [2.45, 2.75) is 6.54 Å². The monoisotopic (exact) mass is 354 g/mol. The molecule has 3 rings (SSSR count). The lowest BCUT2D eigenvalue weighted by Crippen LogP contribution is -2.22. The Morgan fingerprint density at radius 3 is 2.40 bits per heavy atom. The van der Waals surface area contributed by atoms with Gasteiger partial charge in [-0.2, -0.15) is 0 Å². The standard InChI is InChI=1S/C19H15ClN2O3/c20-15-4-1-3-14(11-15)19(24)22-16-8-6-13(7-9-16)18(23)21-12-17-5-2-10-25-17/h1-11H,12H2,(H,21,23)(H,22,24). The summed E-state index contributed by atoms with van der Waals surface area (Å²) in [6, 6.07) is 16.9. The Balaban J connectivity index is 1.60. The number of benzene rings is 2. The SMILES string of the molecule is O=C(NCc1ccco1)c1ccc(NC(=O)c2cccc(Cl)c2)cc1. The number of halogens is 1. The highest BCUT2D eigenvalue weighted by Crippen LogP contribution is 2.14. The minimum absolute atomic E-state index is 0.218. The minimum Gasteiger partial charge on any atom is -0.467 e. The summed E-state index contributed by atoms with van der Waals surface area (Å²) < 4.78 is 5.16. The first kappa shape index (κ1) is 16.8. The van der Waals surface area contributed by atoms with E-state index in [2.05, 4.69) is 10.6 Å². The van der Waals surface area contributed by atoms with Crippen molar-refractivity contribution in [2.24, 2.45) is 0 Å². The number of carbonyl (C=O) groups excluding carboxylic acids is 2. The summed E-state index contributed by atoms with van der Waals surface area (Å²) in [6.07, 6.45) is 1.55. The molecule has 0 aliphatic carbocycles. The van der Waals surface area contributed by atoms with Crippen LogP contribution in [0.1, 0.15) is 26.5 Å². The highest BCUT2D eigenvalue weighted by atomic mass is 35.5. The molecule has 0 fully saturated rings. The largest absolute Gasteiger partial charge is 0.467 e. The van der Waals surface area contributed by atoms with Crippen LogP contribution in [0.4, 0.5) is 5.69 Å². The lowest BCUT2D eigenvalue weighted by molar-refractivity contribution is 0.0947. The van der Waals surface area contributed by atoms with E-state index in [1.165, 1.54) is 0 Å². The second-order valence-electron chi connectivity index (χ2n) is 5.30. The van der Waals surface area contributed by atoms with Gasteiger partial charge in [0, 0.05) is 21.8 Å². The average Bonchev–Trinajstić information content (AvgIpc) is 3.14. The van der Waals surface area contributed by atoms with E-state index < -0.39 is 0 Å². The normalized spacial score (nSPS) is 10.3. The van der Waals surface area contributed by atoms with Gasteiger partial charge in [-0.25, -0.2) is 0 Å². The van der Waals surface area contributed by atoms with E-state index in [1.807, 2.05) is 0 Å². The first-order valence-electron chi connectivity index (χ1n) is 7.59. The summed E-state index contributed by atoms with van der Waals surface area (Å²) in [5.41, 5.74) is 1.55. The molecule has 0 saturated carbocycles. The molecule has 0 bridgehead atoms. The fraction of sp³-hybridized carbons (Fsp3) is 0.0526. The summed E-state index contributed by atoms with van der Waals surface area (Å²) in [6.45, 7) is 0.319. The molecule has 0 atom stereocenters. The van der Waals surface area contributed by atoms with Crippen LogP contribution in [0.5, 0.6) is 0 Å². The van der Waals surface area contributed by atoms with Crippen molar-refractivity contribution in [3.8, 4) is 0 Å². The molecule has 126 valence electrons. The van der Waals surface area contributed by atoms with Crippen molar-refractivity contribution in [3.05, 3.63) is 88.8 Å². The quantitative estimate of drug-likeness (QED) is 0.724. The molecule has 3 aromatic rings. The van der Waals surface area contributed by atoms with Crippen LogP contribution >= 0.6 is 11.6 Å². The van der Waals surface area contributed by atoms with Crippen LogP contribution in [-0.2, 0) is 6.54 Å². The Bertz CT molecular complexity index is 874. The zero-order chi connectivity index (χ0) is 17.6. The van der Waals surface area contributed by atoms with Gasteiger partial charge in [0.1, 0.15) is 5.76 Å². The van der Waals surface area contributed by atoms with Crippen molar-refractivity contribution in [3.63, 3.8) is 0 Å². The lowest BCUT2D eigenvalue weighted by Gasteiger charge is -2.07. The molecule has 25 heavy (non-hydrogen) atoms. The van der Waals surface area contributed by atoms with Crippen LogP contribution in [0.2, 0.25) is 5.02 Å². The number of amides is 2. The first-order chi connectivity index (χ1) is 12.1.